The second kappa shape index (κ2) is 8.21. The molecule has 0 saturated carbocycles. The molecule has 0 spiro atoms. The second-order valence-electron chi connectivity index (χ2n) is 5.62. The Balaban J connectivity index is 2.00. The molecule has 1 aromatic rings. The second-order valence-corrected chi connectivity index (χ2v) is 5.62. The third kappa shape index (κ3) is 4.87. The number of nitrogens with two attached hydrogens (primary N) is 1. The van der Waals surface area contributed by atoms with Crippen LogP contribution < -0.4 is 15.8 Å². The van der Waals surface area contributed by atoms with Crippen LogP contribution in [0.5, 0.6) is 5.75 Å². The van der Waals surface area contributed by atoms with Crippen LogP contribution in [-0.4, -0.2) is 31.8 Å². The van der Waals surface area contributed by atoms with Crippen LogP contribution in [0.15, 0.2) is 24.3 Å². The molecule has 1 aliphatic rings. The van der Waals surface area contributed by atoms with Gasteiger partial charge in [0.15, 0.2) is 0 Å². The number of nitrogens with one attached hydrogen (secondary N) is 1. The molecule has 1 aromatic carbocycles. The minimum atomic E-state index is -2.91. The van der Waals surface area contributed by atoms with Crippen molar-refractivity contribution in [3.05, 3.63) is 29.8 Å². The van der Waals surface area contributed by atoms with Crippen molar-refractivity contribution < 1.29 is 23.0 Å². The largest absolute Gasteiger partial charge is 0.434 e. The third-order valence-electron chi connectivity index (χ3n) is 4.04. The highest BCUT2D eigenvalue weighted by Gasteiger charge is 2.28. The zero-order valence-corrected chi connectivity index (χ0v) is 13.0. The minimum Gasteiger partial charge on any atom is -0.434 e. The molecule has 2 rings (SSSR count). The maximum absolute atomic E-state index is 12.5. The van der Waals surface area contributed by atoms with Crippen molar-refractivity contribution >= 4 is 5.91 Å². The summed E-state index contributed by atoms with van der Waals surface area (Å²) in [5, 5.41) is 2.78. The lowest BCUT2D eigenvalue weighted by Gasteiger charge is -2.28. The Kier molecular flexibility index (Phi) is 6.29. The molecule has 23 heavy (non-hydrogen) atoms. The first-order valence-corrected chi connectivity index (χ1v) is 7.66. The molecule has 1 aliphatic heterocycles. The number of halogens is 2. The summed E-state index contributed by atoms with van der Waals surface area (Å²) in [6, 6.07) is 5.27. The molecule has 1 fully saturated rings. The third-order valence-corrected chi connectivity index (χ3v) is 4.04. The number of carbonyl (C=O) groups excluding carboxylic acids is 1. The van der Waals surface area contributed by atoms with Crippen LogP contribution >= 0.6 is 0 Å². The number of rotatable bonds is 6. The average Bonchev–Trinajstić information content (AvgIpc) is 2.54. The summed E-state index contributed by atoms with van der Waals surface area (Å²) in [6.45, 7) is 0.00407. The first-order valence-electron chi connectivity index (χ1n) is 7.66. The van der Waals surface area contributed by atoms with Gasteiger partial charge in [0, 0.05) is 18.8 Å². The van der Waals surface area contributed by atoms with Crippen molar-refractivity contribution in [3.8, 4) is 5.75 Å². The maximum atomic E-state index is 12.5. The van der Waals surface area contributed by atoms with E-state index in [1.54, 1.807) is 25.1 Å². The molecule has 0 radical (unpaired) electrons. The Morgan fingerprint density at radius 1 is 1.35 bits per heavy atom. The number of benzene rings is 1. The first kappa shape index (κ1) is 17.6. The van der Waals surface area contributed by atoms with Crippen molar-refractivity contribution in [2.45, 2.75) is 38.5 Å². The van der Waals surface area contributed by atoms with Crippen LogP contribution in [0.2, 0.25) is 0 Å². The molecular formula is C16H22F2N2O3. The van der Waals surface area contributed by atoms with E-state index in [1.165, 1.54) is 6.07 Å². The number of carbonyl (C=O) groups is 1. The monoisotopic (exact) mass is 328 g/mol. The van der Waals surface area contributed by atoms with E-state index >= 15 is 0 Å². The van der Waals surface area contributed by atoms with Gasteiger partial charge in [-0.2, -0.15) is 8.78 Å². The normalized spacial score (nSPS) is 18.5. The quantitative estimate of drug-likeness (QED) is 0.840. The standard InChI is InChI=1S/C16H22F2N2O3/c1-10(12-4-2-3-5-13(12)23-16(17)18)20-15(21)14(19)11-6-8-22-9-7-11/h2-5,10-11,14,16H,6-9,19H2,1H3,(H,20,21). The molecule has 7 heteroatoms. The maximum Gasteiger partial charge on any atom is 0.387 e. The highest BCUT2D eigenvalue weighted by molar-refractivity contribution is 5.82. The fourth-order valence-corrected chi connectivity index (χ4v) is 2.72. The van der Waals surface area contributed by atoms with E-state index in [0.29, 0.717) is 18.8 Å². The smallest absolute Gasteiger partial charge is 0.387 e. The molecule has 3 N–H and O–H groups in total. The molecule has 1 amide bonds. The molecule has 1 heterocycles. The molecular weight excluding hydrogens is 306 g/mol. The highest BCUT2D eigenvalue weighted by Crippen LogP contribution is 2.26. The average molecular weight is 328 g/mol. The van der Waals surface area contributed by atoms with Gasteiger partial charge in [0.05, 0.1) is 12.1 Å². The summed E-state index contributed by atoms with van der Waals surface area (Å²) >= 11 is 0. The van der Waals surface area contributed by atoms with Crippen molar-refractivity contribution in [2.75, 3.05) is 13.2 Å². The first-order chi connectivity index (χ1) is 11.0. The van der Waals surface area contributed by atoms with E-state index in [1.807, 2.05) is 0 Å². The summed E-state index contributed by atoms with van der Waals surface area (Å²) in [7, 11) is 0. The molecule has 2 atom stereocenters. The summed E-state index contributed by atoms with van der Waals surface area (Å²) in [5.41, 5.74) is 6.50. The van der Waals surface area contributed by atoms with Gasteiger partial charge in [0.1, 0.15) is 5.75 Å². The number of para-hydroxylation sites is 1. The van der Waals surface area contributed by atoms with Crippen molar-refractivity contribution in [3.63, 3.8) is 0 Å². The molecule has 128 valence electrons. The fraction of sp³-hybridized carbons (Fsp3) is 0.562. The molecule has 1 saturated heterocycles. The van der Waals surface area contributed by atoms with E-state index in [0.717, 1.165) is 12.8 Å². The lowest BCUT2D eigenvalue weighted by atomic mass is 9.91. The number of amides is 1. The predicted octanol–water partition coefficient (Wildman–Crippen LogP) is 2.22. The van der Waals surface area contributed by atoms with Crippen LogP contribution in [-0.2, 0) is 9.53 Å². The summed E-state index contributed by atoms with van der Waals surface area (Å²) in [5.74, 6) is -0.172. The van der Waals surface area contributed by atoms with Gasteiger partial charge in [-0.15, -0.1) is 0 Å². The fourth-order valence-electron chi connectivity index (χ4n) is 2.72. The van der Waals surface area contributed by atoms with Crippen LogP contribution in [0.3, 0.4) is 0 Å². The van der Waals surface area contributed by atoms with Crippen molar-refractivity contribution in [1.82, 2.24) is 5.32 Å². The highest BCUT2D eigenvalue weighted by atomic mass is 19.3. The minimum absolute atomic E-state index is 0.0509. The van der Waals surface area contributed by atoms with Gasteiger partial charge in [-0.25, -0.2) is 0 Å². The number of ether oxygens (including phenoxy) is 2. The zero-order valence-electron chi connectivity index (χ0n) is 13.0. The number of alkyl halides is 2. The van der Waals surface area contributed by atoms with Crippen LogP contribution in [0, 0.1) is 5.92 Å². The van der Waals surface area contributed by atoms with Crippen LogP contribution in [0.4, 0.5) is 8.78 Å². The Morgan fingerprint density at radius 2 is 2.00 bits per heavy atom. The summed E-state index contributed by atoms with van der Waals surface area (Å²) < 4.78 is 34.7. The lowest BCUT2D eigenvalue weighted by Crippen LogP contribution is -2.47. The Bertz CT molecular complexity index is 522. The molecule has 0 aromatic heterocycles. The van der Waals surface area contributed by atoms with Gasteiger partial charge in [0.2, 0.25) is 5.91 Å². The van der Waals surface area contributed by atoms with Crippen molar-refractivity contribution in [2.24, 2.45) is 11.7 Å². The van der Waals surface area contributed by atoms with E-state index in [-0.39, 0.29) is 17.6 Å². The van der Waals surface area contributed by atoms with E-state index in [2.05, 4.69) is 10.1 Å². The van der Waals surface area contributed by atoms with E-state index in [4.69, 9.17) is 10.5 Å². The predicted molar refractivity (Wildman–Crippen MR) is 81.2 cm³/mol. The van der Waals surface area contributed by atoms with E-state index < -0.39 is 18.7 Å². The number of hydrogen-bond acceptors (Lipinski definition) is 4. The molecule has 5 nitrogen and oxygen atoms in total. The van der Waals surface area contributed by atoms with Gasteiger partial charge in [-0.1, -0.05) is 18.2 Å². The summed E-state index contributed by atoms with van der Waals surface area (Å²) in [6.07, 6.45) is 1.49. The molecule has 0 bridgehead atoms. The zero-order chi connectivity index (χ0) is 16.8. The van der Waals surface area contributed by atoms with Crippen molar-refractivity contribution in [1.29, 1.82) is 0 Å². The van der Waals surface area contributed by atoms with Gasteiger partial charge < -0.3 is 20.5 Å². The SMILES string of the molecule is CC(NC(=O)C(N)C1CCOCC1)c1ccccc1OC(F)F. The Morgan fingerprint density at radius 3 is 2.65 bits per heavy atom. The Hall–Kier alpha value is -1.73. The van der Waals surface area contributed by atoms with Gasteiger partial charge in [0.25, 0.3) is 0 Å². The lowest BCUT2D eigenvalue weighted by molar-refractivity contribution is -0.125. The topological polar surface area (TPSA) is 73.6 Å². The molecule has 0 aliphatic carbocycles. The number of hydrogen-bond donors (Lipinski definition) is 2. The van der Waals surface area contributed by atoms with Crippen LogP contribution in [0.25, 0.3) is 0 Å². The summed E-state index contributed by atoms with van der Waals surface area (Å²) in [4.78, 5) is 12.3. The van der Waals surface area contributed by atoms with Gasteiger partial charge in [-0.05, 0) is 31.7 Å². The Labute approximate surface area is 134 Å². The van der Waals surface area contributed by atoms with Gasteiger partial charge in [-0.3, -0.25) is 4.79 Å². The van der Waals surface area contributed by atoms with E-state index in [9.17, 15) is 13.6 Å². The van der Waals surface area contributed by atoms with Crippen LogP contribution in [0.1, 0.15) is 31.4 Å². The van der Waals surface area contributed by atoms with Gasteiger partial charge >= 0.3 is 6.61 Å². The molecule has 2 unspecified atom stereocenters.